The number of ether oxygens (including phenoxy) is 2. The van der Waals surface area contributed by atoms with E-state index in [0.29, 0.717) is 25.7 Å². The van der Waals surface area contributed by atoms with Gasteiger partial charge in [0.05, 0.1) is 25.4 Å². The molecule has 2 spiro atoms. The fraction of sp³-hybridized carbons (Fsp3) is 0.818. The highest BCUT2D eigenvalue weighted by Crippen LogP contribution is 2.76. The average Bonchev–Trinajstić information content (AvgIpc) is 2.80. The maximum Gasteiger partial charge on any atom is 0.302 e. The van der Waals surface area contributed by atoms with E-state index in [0.717, 1.165) is 0 Å². The van der Waals surface area contributed by atoms with Gasteiger partial charge in [-0.3, -0.25) is 9.59 Å². The predicted octanol–water partition coefficient (Wildman–Crippen LogP) is -0.0812. The molecule has 4 bridgehead atoms. The molecule has 30 heavy (non-hydrogen) atoms. The highest BCUT2D eigenvalue weighted by molar-refractivity contribution is 6.05. The van der Waals surface area contributed by atoms with E-state index in [2.05, 4.69) is 6.58 Å². The van der Waals surface area contributed by atoms with Crippen molar-refractivity contribution in [2.45, 2.75) is 63.6 Å². The van der Waals surface area contributed by atoms with Gasteiger partial charge in [-0.15, -0.1) is 0 Å². The van der Waals surface area contributed by atoms with Crippen LogP contribution in [-0.2, 0) is 19.1 Å². The second-order valence-corrected chi connectivity index (χ2v) is 10.4. The molecule has 2 saturated heterocycles. The SMILES string of the molecule is C=C1C(=O)[C@]23[C@H](O)[C@H]1CC[C@@H]2[C@@]12CO[C@]3(O)[C@@H](O)[C@@H]1[C@](C)(COC(C)=O)CC[C@H]2O. The van der Waals surface area contributed by atoms with Gasteiger partial charge in [0.1, 0.15) is 11.5 Å². The van der Waals surface area contributed by atoms with Crippen LogP contribution in [0.3, 0.4) is 0 Å². The minimum atomic E-state index is -2.30. The smallest absolute Gasteiger partial charge is 0.302 e. The zero-order valence-electron chi connectivity index (χ0n) is 17.3. The molecule has 10 atom stereocenters. The summed E-state index contributed by atoms with van der Waals surface area (Å²) in [5, 5.41) is 45.8. The third-order valence-corrected chi connectivity index (χ3v) is 9.32. The second kappa shape index (κ2) is 5.92. The van der Waals surface area contributed by atoms with E-state index in [1.165, 1.54) is 6.92 Å². The molecule has 8 heteroatoms. The summed E-state index contributed by atoms with van der Waals surface area (Å²) in [6.07, 6.45) is -1.78. The molecule has 0 amide bonds. The fourth-order valence-corrected chi connectivity index (χ4v) is 8.16. The van der Waals surface area contributed by atoms with Crippen LogP contribution in [0.25, 0.3) is 0 Å². The summed E-state index contributed by atoms with van der Waals surface area (Å²) in [7, 11) is 0. The summed E-state index contributed by atoms with van der Waals surface area (Å²) < 4.78 is 11.1. The molecule has 2 heterocycles. The number of Topliss-reactive ketones (excluding diaryl/α,β-unsaturated/α-hetero) is 1. The molecular weight excluding hydrogens is 392 g/mol. The number of esters is 1. The normalized spacial score (nSPS) is 56.5. The van der Waals surface area contributed by atoms with Crippen LogP contribution in [0.4, 0.5) is 0 Å². The molecule has 0 radical (unpaired) electrons. The minimum Gasteiger partial charge on any atom is -0.465 e. The first-order valence-corrected chi connectivity index (χ1v) is 10.8. The van der Waals surface area contributed by atoms with Gasteiger partial charge in [0, 0.05) is 29.6 Å². The van der Waals surface area contributed by atoms with Crippen molar-refractivity contribution < 1.29 is 39.5 Å². The molecule has 0 aromatic carbocycles. The molecule has 4 saturated carbocycles. The fourth-order valence-electron chi connectivity index (χ4n) is 8.16. The Morgan fingerprint density at radius 1 is 1.23 bits per heavy atom. The third-order valence-electron chi connectivity index (χ3n) is 9.32. The largest absolute Gasteiger partial charge is 0.465 e. The van der Waals surface area contributed by atoms with Crippen molar-refractivity contribution in [2.75, 3.05) is 13.2 Å². The Labute approximate surface area is 174 Å². The Balaban J connectivity index is 1.71. The monoisotopic (exact) mass is 422 g/mol. The molecule has 0 aromatic rings. The number of rotatable bonds is 2. The zero-order valence-corrected chi connectivity index (χ0v) is 17.3. The van der Waals surface area contributed by atoms with Crippen LogP contribution in [0.1, 0.15) is 39.5 Å². The Morgan fingerprint density at radius 2 is 1.93 bits per heavy atom. The van der Waals surface area contributed by atoms with Gasteiger partial charge in [0.25, 0.3) is 0 Å². The van der Waals surface area contributed by atoms with Crippen molar-refractivity contribution in [2.24, 2.45) is 34.0 Å². The molecule has 0 aromatic heterocycles. The Bertz CT molecular complexity index is 841. The summed E-state index contributed by atoms with van der Waals surface area (Å²) in [6.45, 7) is 7.06. The lowest BCUT2D eigenvalue weighted by atomic mass is 9.35. The molecule has 166 valence electrons. The van der Waals surface area contributed by atoms with E-state index in [1.807, 2.05) is 6.92 Å². The molecule has 6 aliphatic rings. The molecule has 4 aliphatic carbocycles. The second-order valence-electron chi connectivity index (χ2n) is 10.4. The number of hydrogen-bond donors (Lipinski definition) is 4. The van der Waals surface area contributed by atoms with Crippen molar-refractivity contribution in [3.05, 3.63) is 12.2 Å². The van der Waals surface area contributed by atoms with E-state index in [9.17, 15) is 30.0 Å². The van der Waals surface area contributed by atoms with Crippen LogP contribution in [0.5, 0.6) is 0 Å². The van der Waals surface area contributed by atoms with Crippen LogP contribution < -0.4 is 0 Å². The molecule has 2 aliphatic heterocycles. The number of ketones is 1. The highest BCUT2D eigenvalue weighted by atomic mass is 16.6. The number of carbonyl (C=O) groups is 2. The third kappa shape index (κ3) is 1.92. The molecule has 0 unspecified atom stereocenters. The summed E-state index contributed by atoms with van der Waals surface area (Å²) in [4.78, 5) is 25.0. The van der Waals surface area contributed by atoms with E-state index in [-0.39, 0.29) is 18.8 Å². The quantitative estimate of drug-likeness (QED) is 0.359. The van der Waals surface area contributed by atoms with Crippen molar-refractivity contribution >= 4 is 11.8 Å². The molecule has 6 rings (SSSR count). The Hall–Kier alpha value is -1.32. The first-order valence-electron chi connectivity index (χ1n) is 10.8. The van der Waals surface area contributed by atoms with E-state index in [4.69, 9.17) is 9.47 Å². The highest BCUT2D eigenvalue weighted by Gasteiger charge is 2.87. The maximum atomic E-state index is 13.5. The first kappa shape index (κ1) is 20.6. The molecule has 6 fully saturated rings. The van der Waals surface area contributed by atoms with Gasteiger partial charge >= 0.3 is 5.97 Å². The standard InChI is InChI=1S/C22H30O8/c1-10-12-4-5-13-20-9-30-22(28,21(13,16(10)25)17(12)26)18(27)15(20)19(3,7-6-14(20)24)8-29-11(2)23/h12-15,17-18,24,26-28H,1,4-9H2,2-3H3/t12-,13+,14+,15+,17+,18-,19-,20+,21-,22+/m0/s1. The number of aliphatic hydroxyl groups excluding tert-OH is 3. The van der Waals surface area contributed by atoms with Crippen LogP contribution in [-0.4, -0.2) is 69.5 Å². The lowest BCUT2D eigenvalue weighted by molar-refractivity contribution is -0.459. The van der Waals surface area contributed by atoms with Crippen molar-refractivity contribution in [1.82, 2.24) is 0 Å². The number of hydrogen-bond acceptors (Lipinski definition) is 8. The Kier molecular flexibility index (Phi) is 4.06. The summed E-state index contributed by atoms with van der Waals surface area (Å²) in [5.74, 6) is -4.96. The number of aliphatic hydroxyl groups is 4. The van der Waals surface area contributed by atoms with Crippen LogP contribution in [0.15, 0.2) is 12.2 Å². The maximum absolute atomic E-state index is 13.5. The summed E-state index contributed by atoms with van der Waals surface area (Å²) in [5.41, 5.74) is -3.28. The van der Waals surface area contributed by atoms with Gasteiger partial charge in [-0.05, 0) is 37.2 Å². The van der Waals surface area contributed by atoms with Crippen LogP contribution in [0, 0.1) is 34.0 Å². The molecule has 4 N–H and O–H groups in total. The van der Waals surface area contributed by atoms with Gasteiger partial charge < -0.3 is 29.9 Å². The van der Waals surface area contributed by atoms with Gasteiger partial charge in [-0.25, -0.2) is 0 Å². The summed E-state index contributed by atoms with van der Waals surface area (Å²) in [6, 6.07) is 0. The molecule has 8 nitrogen and oxygen atoms in total. The molecular formula is C22H30O8. The van der Waals surface area contributed by atoms with Crippen molar-refractivity contribution in [3.63, 3.8) is 0 Å². The van der Waals surface area contributed by atoms with Crippen molar-refractivity contribution in [1.29, 1.82) is 0 Å². The van der Waals surface area contributed by atoms with Gasteiger partial charge in [0.2, 0.25) is 5.79 Å². The zero-order chi connectivity index (χ0) is 21.9. The lowest BCUT2D eigenvalue weighted by Crippen LogP contribution is -2.86. The number of carbonyl (C=O) groups excluding carboxylic acids is 2. The van der Waals surface area contributed by atoms with E-state index >= 15 is 0 Å². The lowest BCUT2D eigenvalue weighted by Gasteiger charge is -2.74. The van der Waals surface area contributed by atoms with Crippen LogP contribution >= 0.6 is 0 Å². The average molecular weight is 422 g/mol. The minimum absolute atomic E-state index is 0.0279. The van der Waals surface area contributed by atoms with E-state index in [1.54, 1.807) is 0 Å². The predicted molar refractivity (Wildman–Crippen MR) is 102 cm³/mol. The number of fused-ring (bicyclic) bond motifs is 2. The Morgan fingerprint density at radius 3 is 2.60 bits per heavy atom. The topological polar surface area (TPSA) is 134 Å². The summed E-state index contributed by atoms with van der Waals surface area (Å²) >= 11 is 0. The van der Waals surface area contributed by atoms with Gasteiger partial charge in [-0.2, -0.15) is 0 Å². The van der Waals surface area contributed by atoms with Gasteiger partial charge in [-0.1, -0.05) is 13.5 Å². The first-order chi connectivity index (χ1) is 14.0. The van der Waals surface area contributed by atoms with Crippen LogP contribution in [0.2, 0.25) is 0 Å². The van der Waals surface area contributed by atoms with E-state index < -0.39 is 69.9 Å². The van der Waals surface area contributed by atoms with Crippen molar-refractivity contribution in [3.8, 4) is 0 Å². The van der Waals surface area contributed by atoms with Gasteiger partial charge in [0.15, 0.2) is 5.78 Å².